The quantitative estimate of drug-likeness (QED) is 0.600. The van der Waals surface area contributed by atoms with Gasteiger partial charge in [0.25, 0.3) is 11.8 Å². The number of hydrogen-bond acceptors (Lipinski definition) is 3. The zero-order valence-electron chi connectivity index (χ0n) is 14.1. The molecule has 0 saturated heterocycles. The van der Waals surface area contributed by atoms with Gasteiger partial charge in [0.1, 0.15) is 0 Å². The lowest BCUT2D eigenvalue weighted by molar-refractivity contribution is 0.0953. The average molecular weight is 429 g/mol. The largest absolute Gasteiger partial charge is 0.347 e. The topological polar surface area (TPSA) is 58.2 Å². The van der Waals surface area contributed by atoms with Crippen molar-refractivity contribution in [2.45, 2.75) is 13.5 Å². The summed E-state index contributed by atoms with van der Waals surface area (Å²) in [7, 11) is 0. The van der Waals surface area contributed by atoms with Gasteiger partial charge >= 0.3 is 0 Å². The number of thiophene rings is 1. The van der Waals surface area contributed by atoms with Gasteiger partial charge in [0.15, 0.2) is 0 Å². The molecule has 0 saturated carbocycles. The molecule has 3 aromatic rings. The summed E-state index contributed by atoms with van der Waals surface area (Å²) in [6.07, 6.45) is 0. The predicted octanol–water partition coefficient (Wildman–Crippen LogP) is 5.00. The molecule has 0 radical (unpaired) electrons. The highest BCUT2D eigenvalue weighted by molar-refractivity contribution is 9.10. The lowest BCUT2D eigenvalue weighted by Gasteiger charge is -2.08. The maximum Gasteiger partial charge on any atom is 0.261 e. The summed E-state index contributed by atoms with van der Waals surface area (Å²) >= 11 is 4.87. The molecule has 4 nitrogen and oxygen atoms in total. The Bertz CT molecular complexity index is 921. The molecule has 0 aliphatic rings. The number of hydrogen-bond donors (Lipinski definition) is 2. The van der Waals surface area contributed by atoms with Crippen molar-refractivity contribution in [3.63, 3.8) is 0 Å². The molecule has 0 atom stereocenters. The third-order valence-corrected chi connectivity index (χ3v) is 5.57. The van der Waals surface area contributed by atoms with E-state index in [4.69, 9.17) is 0 Å². The number of nitrogens with one attached hydrogen (secondary N) is 2. The maximum atomic E-state index is 12.3. The van der Waals surface area contributed by atoms with Gasteiger partial charge in [-0.25, -0.2) is 0 Å². The zero-order chi connectivity index (χ0) is 18.5. The van der Waals surface area contributed by atoms with Crippen LogP contribution in [0.5, 0.6) is 0 Å². The number of benzene rings is 2. The third-order valence-electron chi connectivity index (χ3n) is 3.84. The fourth-order valence-corrected chi connectivity index (χ4v) is 3.34. The SMILES string of the molecule is Cc1ccc(NC(=O)c2ccc(CNC(=O)c3cccs3)cc2)cc1Br. The predicted molar refractivity (Wildman–Crippen MR) is 109 cm³/mol. The lowest BCUT2D eigenvalue weighted by Crippen LogP contribution is -2.21. The number of carbonyl (C=O) groups is 2. The summed E-state index contributed by atoms with van der Waals surface area (Å²) in [5.41, 5.74) is 3.34. The molecule has 2 aromatic carbocycles. The third kappa shape index (κ3) is 4.59. The van der Waals surface area contributed by atoms with Crippen LogP contribution in [0.2, 0.25) is 0 Å². The van der Waals surface area contributed by atoms with E-state index in [9.17, 15) is 9.59 Å². The average Bonchev–Trinajstić information content (AvgIpc) is 3.18. The second kappa shape index (κ2) is 8.29. The minimum atomic E-state index is -0.171. The highest BCUT2D eigenvalue weighted by atomic mass is 79.9. The Labute approximate surface area is 164 Å². The summed E-state index contributed by atoms with van der Waals surface area (Å²) < 4.78 is 0.951. The molecule has 2 amide bonds. The van der Waals surface area contributed by atoms with Gasteiger partial charge in [-0.15, -0.1) is 11.3 Å². The molecule has 0 fully saturated rings. The molecule has 132 valence electrons. The lowest BCUT2D eigenvalue weighted by atomic mass is 10.1. The van der Waals surface area contributed by atoms with Gasteiger partial charge < -0.3 is 10.6 Å². The van der Waals surface area contributed by atoms with E-state index in [1.165, 1.54) is 11.3 Å². The normalized spacial score (nSPS) is 10.4. The van der Waals surface area contributed by atoms with Crippen LogP contribution >= 0.6 is 27.3 Å². The van der Waals surface area contributed by atoms with Gasteiger partial charge in [-0.05, 0) is 53.8 Å². The monoisotopic (exact) mass is 428 g/mol. The van der Waals surface area contributed by atoms with Gasteiger partial charge in [-0.1, -0.05) is 40.2 Å². The van der Waals surface area contributed by atoms with Gasteiger partial charge in [-0.3, -0.25) is 9.59 Å². The van der Waals surface area contributed by atoms with Crippen molar-refractivity contribution < 1.29 is 9.59 Å². The Hall–Kier alpha value is -2.44. The molecule has 0 aliphatic carbocycles. The second-order valence-electron chi connectivity index (χ2n) is 5.77. The van der Waals surface area contributed by atoms with Crippen molar-refractivity contribution in [1.82, 2.24) is 5.32 Å². The Morgan fingerprint density at radius 3 is 2.46 bits per heavy atom. The van der Waals surface area contributed by atoms with Crippen LogP contribution in [-0.4, -0.2) is 11.8 Å². The molecule has 0 spiro atoms. The van der Waals surface area contributed by atoms with Crippen molar-refractivity contribution >= 4 is 44.8 Å². The van der Waals surface area contributed by atoms with Crippen molar-refractivity contribution in [1.29, 1.82) is 0 Å². The molecule has 3 rings (SSSR count). The fraction of sp³-hybridized carbons (Fsp3) is 0.100. The minimum Gasteiger partial charge on any atom is -0.347 e. The molecular weight excluding hydrogens is 412 g/mol. The van der Waals surface area contributed by atoms with Crippen molar-refractivity contribution in [2.24, 2.45) is 0 Å². The first-order chi connectivity index (χ1) is 12.5. The number of rotatable bonds is 5. The standard InChI is InChI=1S/C20H17BrN2O2S/c1-13-4-9-16(11-17(13)21)23-19(24)15-7-5-14(6-8-15)12-22-20(25)18-3-2-10-26-18/h2-11H,12H2,1H3,(H,22,25)(H,23,24). The fourth-order valence-electron chi connectivity index (χ4n) is 2.33. The van der Waals surface area contributed by atoms with Gasteiger partial charge in [-0.2, -0.15) is 0 Å². The van der Waals surface area contributed by atoms with Gasteiger partial charge in [0, 0.05) is 22.3 Å². The van der Waals surface area contributed by atoms with E-state index in [1.807, 2.05) is 48.7 Å². The smallest absolute Gasteiger partial charge is 0.261 e. The molecular formula is C20H17BrN2O2S. The van der Waals surface area contributed by atoms with Crippen LogP contribution in [0.4, 0.5) is 5.69 Å². The summed E-state index contributed by atoms with van der Waals surface area (Å²) in [4.78, 5) is 25.0. The molecule has 6 heteroatoms. The Balaban J connectivity index is 1.58. The minimum absolute atomic E-state index is 0.0910. The first kappa shape index (κ1) is 18.4. The van der Waals surface area contributed by atoms with E-state index in [0.717, 1.165) is 21.3 Å². The zero-order valence-corrected chi connectivity index (χ0v) is 16.5. The van der Waals surface area contributed by atoms with Crippen LogP contribution in [-0.2, 0) is 6.54 Å². The molecule has 1 heterocycles. The maximum absolute atomic E-state index is 12.3. The molecule has 1 aromatic heterocycles. The van der Waals surface area contributed by atoms with Crippen molar-refractivity contribution in [2.75, 3.05) is 5.32 Å². The Morgan fingerprint density at radius 1 is 1.04 bits per heavy atom. The highest BCUT2D eigenvalue weighted by Gasteiger charge is 2.08. The van der Waals surface area contributed by atoms with Gasteiger partial charge in [0.05, 0.1) is 4.88 Å². The van der Waals surface area contributed by atoms with E-state index in [1.54, 1.807) is 18.2 Å². The molecule has 26 heavy (non-hydrogen) atoms. The van der Waals surface area contributed by atoms with E-state index in [-0.39, 0.29) is 11.8 Å². The van der Waals surface area contributed by atoms with E-state index in [0.29, 0.717) is 17.0 Å². The Morgan fingerprint density at radius 2 is 1.81 bits per heavy atom. The molecule has 0 unspecified atom stereocenters. The van der Waals surface area contributed by atoms with Crippen LogP contribution in [0.3, 0.4) is 0 Å². The highest BCUT2D eigenvalue weighted by Crippen LogP contribution is 2.21. The molecule has 0 aliphatic heterocycles. The van der Waals surface area contributed by atoms with E-state index >= 15 is 0 Å². The second-order valence-corrected chi connectivity index (χ2v) is 7.58. The van der Waals surface area contributed by atoms with Crippen molar-refractivity contribution in [3.05, 3.63) is 86.0 Å². The number of amides is 2. The van der Waals surface area contributed by atoms with E-state index in [2.05, 4.69) is 26.6 Å². The van der Waals surface area contributed by atoms with Crippen LogP contribution < -0.4 is 10.6 Å². The number of carbonyl (C=O) groups excluding carboxylic acids is 2. The van der Waals surface area contributed by atoms with Crippen LogP contribution in [0, 0.1) is 6.92 Å². The summed E-state index contributed by atoms with van der Waals surface area (Å²) in [6.45, 7) is 2.41. The first-order valence-corrected chi connectivity index (χ1v) is 9.68. The number of anilines is 1. The summed E-state index contributed by atoms with van der Waals surface area (Å²) in [6, 6.07) is 16.5. The number of halogens is 1. The van der Waals surface area contributed by atoms with Crippen molar-refractivity contribution in [3.8, 4) is 0 Å². The number of aryl methyl sites for hydroxylation is 1. The molecule has 2 N–H and O–H groups in total. The van der Waals surface area contributed by atoms with Gasteiger partial charge in [0.2, 0.25) is 0 Å². The summed E-state index contributed by atoms with van der Waals surface area (Å²) in [5.74, 6) is -0.262. The van der Waals surface area contributed by atoms with Crippen LogP contribution in [0.15, 0.2) is 64.5 Å². The van der Waals surface area contributed by atoms with Crippen LogP contribution in [0.1, 0.15) is 31.2 Å². The molecule has 0 bridgehead atoms. The summed E-state index contributed by atoms with van der Waals surface area (Å²) in [5, 5.41) is 7.61. The van der Waals surface area contributed by atoms with E-state index < -0.39 is 0 Å². The van der Waals surface area contributed by atoms with Crippen LogP contribution in [0.25, 0.3) is 0 Å². The first-order valence-electron chi connectivity index (χ1n) is 8.01. The Kier molecular flexibility index (Phi) is 5.85.